The molecule has 0 aromatic rings. The van der Waals surface area contributed by atoms with E-state index in [1.165, 1.54) is 0 Å². The second-order valence-electron chi connectivity index (χ2n) is 7.54. The first-order chi connectivity index (χ1) is 9.61. The lowest BCUT2D eigenvalue weighted by atomic mass is 9.85. The lowest BCUT2D eigenvalue weighted by molar-refractivity contribution is -0.140. The summed E-state index contributed by atoms with van der Waals surface area (Å²) in [6.45, 7) is 12.8. The summed E-state index contributed by atoms with van der Waals surface area (Å²) in [5.74, 6) is 0.679. The Kier molecular flexibility index (Phi) is 6.20. The van der Waals surface area contributed by atoms with Crippen LogP contribution in [-0.2, 0) is 9.59 Å². The van der Waals surface area contributed by atoms with Crippen molar-refractivity contribution < 1.29 is 9.59 Å². The van der Waals surface area contributed by atoms with E-state index in [0.717, 1.165) is 0 Å². The van der Waals surface area contributed by atoms with Crippen LogP contribution in [0.1, 0.15) is 47.5 Å². The summed E-state index contributed by atoms with van der Waals surface area (Å²) in [4.78, 5) is 28.0. The molecule has 122 valence electrons. The van der Waals surface area contributed by atoms with E-state index in [4.69, 9.17) is 5.73 Å². The number of hydrogen-bond donors (Lipinski definition) is 1. The number of rotatable bonds is 4. The molecule has 0 bridgehead atoms. The molecule has 21 heavy (non-hydrogen) atoms. The van der Waals surface area contributed by atoms with E-state index in [9.17, 15) is 9.59 Å². The predicted octanol–water partition coefficient (Wildman–Crippen LogP) is 1.47. The first-order valence-electron chi connectivity index (χ1n) is 7.92. The number of hydrogen-bond acceptors (Lipinski definition) is 3. The van der Waals surface area contributed by atoms with E-state index in [-0.39, 0.29) is 23.3 Å². The van der Waals surface area contributed by atoms with Crippen molar-refractivity contribution in [2.24, 2.45) is 17.1 Å². The molecule has 1 heterocycles. The molecule has 0 spiro atoms. The lowest BCUT2D eigenvalue weighted by Gasteiger charge is -2.36. The molecule has 1 aliphatic heterocycles. The highest BCUT2D eigenvalue weighted by Crippen LogP contribution is 2.20. The van der Waals surface area contributed by atoms with Crippen LogP contribution in [0.3, 0.4) is 0 Å². The first-order valence-corrected chi connectivity index (χ1v) is 7.92. The molecule has 0 aromatic carbocycles. The van der Waals surface area contributed by atoms with Crippen LogP contribution >= 0.6 is 0 Å². The maximum atomic E-state index is 12.3. The SMILES string of the molecule is CC(C)CC(=O)N1CCN(C(=O)CC(N)C(C)(C)C)CC1. The molecule has 1 unspecified atom stereocenters. The predicted molar refractivity (Wildman–Crippen MR) is 84.7 cm³/mol. The molecule has 0 aromatic heterocycles. The van der Waals surface area contributed by atoms with Gasteiger partial charge >= 0.3 is 0 Å². The minimum Gasteiger partial charge on any atom is -0.339 e. The van der Waals surface area contributed by atoms with Gasteiger partial charge in [0.05, 0.1) is 0 Å². The average molecular weight is 297 g/mol. The van der Waals surface area contributed by atoms with Gasteiger partial charge in [-0.25, -0.2) is 0 Å². The first kappa shape index (κ1) is 18.0. The Morgan fingerprint density at radius 2 is 1.33 bits per heavy atom. The highest BCUT2D eigenvalue weighted by atomic mass is 16.2. The van der Waals surface area contributed by atoms with Crippen LogP contribution in [0.4, 0.5) is 0 Å². The monoisotopic (exact) mass is 297 g/mol. The van der Waals surface area contributed by atoms with Crippen molar-refractivity contribution in [3.63, 3.8) is 0 Å². The molecular weight excluding hydrogens is 266 g/mol. The molecule has 5 heteroatoms. The largest absolute Gasteiger partial charge is 0.339 e. The van der Waals surface area contributed by atoms with Crippen molar-refractivity contribution >= 4 is 11.8 Å². The van der Waals surface area contributed by atoms with Crippen LogP contribution in [-0.4, -0.2) is 53.8 Å². The molecule has 0 radical (unpaired) electrons. The van der Waals surface area contributed by atoms with Crippen LogP contribution in [0, 0.1) is 11.3 Å². The maximum Gasteiger partial charge on any atom is 0.224 e. The van der Waals surface area contributed by atoms with E-state index < -0.39 is 0 Å². The molecule has 5 nitrogen and oxygen atoms in total. The Bertz CT molecular complexity index is 366. The topological polar surface area (TPSA) is 66.6 Å². The summed E-state index contributed by atoms with van der Waals surface area (Å²) in [6, 6.07) is -0.134. The molecular formula is C16H31N3O2. The highest BCUT2D eigenvalue weighted by molar-refractivity contribution is 5.79. The second-order valence-corrected chi connectivity index (χ2v) is 7.54. The lowest BCUT2D eigenvalue weighted by Crippen LogP contribution is -2.52. The molecule has 1 atom stereocenters. The van der Waals surface area contributed by atoms with Crippen molar-refractivity contribution in [2.75, 3.05) is 26.2 Å². The smallest absolute Gasteiger partial charge is 0.224 e. The highest BCUT2D eigenvalue weighted by Gasteiger charge is 2.28. The number of nitrogens with two attached hydrogens (primary N) is 1. The fourth-order valence-electron chi connectivity index (χ4n) is 2.31. The zero-order valence-corrected chi connectivity index (χ0v) is 14.2. The Morgan fingerprint density at radius 1 is 0.952 bits per heavy atom. The van der Waals surface area contributed by atoms with Crippen molar-refractivity contribution in [1.82, 2.24) is 9.80 Å². The van der Waals surface area contributed by atoms with Gasteiger partial charge in [-0.3, -0.25) is 9.59 Å². The van der Waals surface area contributed by atoms with E-state index in [1.54, 1.807) is 0 Å². The van der Waals surface area contributed by atoms with E-state index in [1.807, 2.05) is 44.4 Å². The molecule has 1 aliphatic rings. The van der Waals surface area contributed by atoms with Gasteiger partial charge in [-0.05, 0) is 11.3 Å². The summed E-state index contributed by atoms with van der Waals surface area (Å²) >= 11 is 0. The number of piperazine rings is 1. The van der Waals surface area contributed by atoms with Crippen LogP contribution in [0.2, 0.25) is 0 Å². The van der Waals surface area contributed by atoms with Gasteiger partial charge in [0.15, 0.2) is 0 Å². The molecule has 1 rings (SSSR count). The summed E-state index contributed by atoms with van der Waals surface area (Å²) in [7, 11) is 0. The maximum absolute atomic E-state index is 12.3. The molecule has 1 saturated heterocycles. The van der Waals surface area contributed by atoms with Gasteiger partial charge in [-0.2, -0.15) is 0 Å². The van der Waals surface area contributed by atoms with E-state index in [2.05, 4.69) is 0 Å². The van der Waals surface area contributed by atoms with Gasteiger partial charge in [0, 0.05) is 45.1 Å². The van der Waals surface area contributed by atoms with Gasteiger partial charge in [0.2, 0.25) is 11.8 Å². The van der Waals surface area contributed by atoms with Crippen molar-refractivity contribution in [2.45, 2.75) is 53.5 Å². The molecule has 1 fully saturated rings. The van der Waals surface area contributed by atoms with Crippen LogP contribution in [0.5, 0.6) is 0 Å². The molecule has 2 amide bonds. The van der Waals surface area contributed by atoms with Crippen LogP contribution in [0.15, 0.2) is 0 Å². The normalized spacial score (nSPS) is 18.0. The molecule has 2 N–H and O–H groups in total. The summed E-state index contributed by atoms with van der Waals surface area (Å²) < 4.78 is 0. The number of nitrogens with zero attached hydrogens (tertiary/aromatic N) is 2. The zero-order chi connectivity index (χ0) is 16.2. The average Bonchev–Trinajstić information content (AvgIpc) is 2.36. The minimum atomic E-state index is -0.134. The Hall–Kier alpha value is -1.10. The van der Waals surface area contributed by atoms with E-state index in [0.29, 0.717) is 44.9 Å². The number of amides is 2. The number of carbonyl (C=O) groups is 2. The molecule has 0 aliphatic carbocycles. The third-order valence-electron chi connectivity index (χ3n) is 4.07. The van der Waals surface area contributed by atoms with Gasteiger partial charge in [-0.15, -0.1) is 0 Å². The van der Waals surface area contributed by atoms with E-state index >= 15 is 0 Å². The third kappa shape index (κ3) is 5.65. The van der Waals surface area contributed by atoms with Gasteiger partial charge in [0.1, 0.15) is 0 Å². The Morgan fingerprint density at radius 3 is 1.67 bits per heavy atom. The summed E-state index contributed by atoms with van der Waals surface area (Å²) in [5.41, 5.74) is 6.01. The minimum absolute atomic E-state index is 0.0648. The summed E-state index contributed by atoms with van der Waals surface area (Å²) in [6.07, 6.45) is 0.965. The van der Waals surface area contributed by atoms with Crippen LogP contribution in [0.25, 0.3) is 0 Å². The summed E-state index contributed by atoms with van der Waals surface area (Å²) in [5, 5.41) is 0. The van der Waals surface area contributed by atoms with Crippen molar-refractivity contribution in [3.8, 4) is 0 Å². The Labute approximate surface area is 128 Å². The van der Waals surface area contributed by atoms with Crippen molar-refractivity contribution in [3.05, 3.63) is 0 Å². The van der Waals surface area contributed by atoms with Crippen molar-refractivity contribution in [1.29, 1.82) is 0 Å². The number of carbonyl (C=O) groups excluding carboxylic acids is 2. The zero-order valence-electron chi connectivity index (χ0n) is 14.2. The van der Waals surface area contributed by atoms with Gasteiger partial charge in [-0.1, -0.05) is 34.6 Å². The third-order valence-corrected chi connectivity index (χ3v) is 4.07. The fourth-order valence-corrected chi connectivity index (χ4v) is 2.31. The Balaban J connectivity index is 2.42. The molecule has 0 saturated carbocycles. The fraction of sp³-hybridized carbons (Fsp3) is 0.875. The quantitative estimate of drug-likeness (QED) is 0.854. The standard InChI is InChI=1S/C16H31N3O2/c1-12(2)10-14(20)18-6-8-19(9-7-18)15(21)11-13(17)16(3,4)5/h12-13H,6-11,17H2,1-5H3. The van der Waals surface area contributed by atoms with Gasteiger partial charge < -0.3 is 15.5 Å². The second kappa shape index (κ2) is 7.25. The van der Waals surface area contributed by atoms with Crippen LogP contribution < -0.4 is 5.73 Å². The van der Waals surface area contributed by atoms with Gasteiger partial charge in [0.25, 0.3) is 0 Å².